The summed E-state index contributed by atoms with van der Waals surface area (Å²) in [4.78, 5) is 10.7. The van der Waals surface area contributed by atoms with E-state index in [0.717, 1.165) is 12.1 Å². The van der Waals surface area contributed by atoms with Gasteiger partial charge in [-0.1, -0.05) is 37.0 Å². The van der Waals surface area contributed by atoms with E-state index in [4.69, 9.17) is 28.3 Å². The van der Waals surface area contributed by atoms with Crippen LogP contribution < -0.4 is 4.72 Å². The number of aromatic carboxylic acids is 1. The number of nitrogens with one attached hydrogen (secondary N) is 1. The number of carbonyl (C=O) groups is 1. The van der Waals surface area contributed by atoms with Crippen LogP contribution in [0.3, 0.4) is 0 Å². The van der Waals surface area contributed by atoms with Crippen molar-refractivity contribution in [3.8, 4) is 0 Å². The number of aliphatic hydroxyl groups excluding tert-OH is 1. The van der Waals surface area contributed by atoms with Crippen LogP contribution in [0.5, 0.6) is 0 Å². The second kappa shape index (κ2) is 6.93. The van der Waals surface area contributed by atoms with Gasteiger partial charge in [-0.3, -0.25) is 0 Å². The molecule has 1 aromatic carbocycles. The van der Waals surface area contributed by atoms with Crippen LogP contribution in [0.1, 0.15) is 24.2 Å². The van der Waals surface area contributed by atoms with Crippen LogP contribution in [0.25, 0.3) is 0 Å². The molecule has 0 radical (unpaired) electrons. The van der Waals surface area contributed by atoms with Gasteiger partial charge in [-0.15, -0.1) is 0 Å². The number of hydrogen-bond donors (Lipinski definition) is 3. The molecule has 0 amide bonds. The van der Waals surface area contributed by atoms with Gasteiger partial charge in [0.15, 0.2) is 0 Å². The molecule has 118 valence electrons. The van der Waals surface area contributed by atoms with E-state index in [1.165, 1.54) is 0 Å². The fourth-order valence-electron chi connectivity index (χ4n) is 1.45. The number of benzene rings is 1. The number of aliphatic hydroxyl groups is 1. The lowest BCUT2D eigenvalue weighted by atomic mass is 10.1. The average Bonchev–Trinajstić information content (AvgIpc) is 2.35. The minimum absolute atomic E-state index is 0.136. The van der Waals surface area contributed by atoms with Gasteiger partial charge in [-0.05, 0) is 18.1 Å². The summed E-state index contributed by atoms with van der Waals surface area (Å²) in [5.41, 5.74) is -0.481. The predicted octanol–water partition coefficient (Wildman–Crippen LogP) is 1.99. The molecule has 0 heterocycles. The van der Waals surface area contributed by atoms with Gasteiger partial charge in [0.1, 0.15) is 4.90 Å². The van der Waals surface area contributed by atoms with Gasteiger partial charge in [0, 0.05) is 6.54 Å². The second-order valence-corrected chi connectivity index (χ2v) is 7.22. The Balaban J connectivity index is 3.16. The standard InChI is InChI=1S/C12H15Cl2NO5S/c1-6(2)8(16)5-15-21(19,20)9-4-3-7(13)10(11(9)14)12(17)18/h3-4,6,8,15-16H,5H2,1-2H3,(H,17,18). The van der Waals surface area contributed by atoms with Gasteiger partial charge in [0.25, 0.3) is 0 Å². The Morgan fingerprint density at radius 2 is 1.90 bits per heavy atom. The molecule has 6 nitrogen and oxygen atoms in total. The van der Waals surface area contributed by atoms with Crippen molar-refractivity contribution >= 4 is 39.2 Å². The van der Waals surface area contributed by atoms with Crippen LogP contribution in [0.4, 0.5) is 0 Å². The summed E-state index contributed by atoms with van der Waals surface area (Å²) in [6.45, 7) is 3.26. The highest BCUT2D eigenvalue weighted by atomic mass is 35.5. The van der Waals surface area contributed by atoms with Crippen LogP contribution in [0, 0.1) is 5.92 Å². The van der Waals surface area contributed by atoms with E-state index in [1.807, 2.05) is 0 Å². The van der Waals surface area contributed by atoms with Gasteiger partial charge >= 0.3 is 5.97 Å². The smallest absolute Gasteiger partial charge is 0.338 e. The van der Waals surface area contributed by atoms with Crippen LogP contribution in [0.2, 0.25) is 10.0 Å². The Morgan fingerprint density at radius 3 is 2.38 bits per heavy atom. The molecule has 0 fully saturated rings. The van der Waals surface area contributed by atoms with Crippen molar-refractivity contribution < 1.29 is 23.4 Å². The third-order valence-corrected chi connectivity index (χ3v) is 5.10. The lowest BCUT2D eigenvalue weighted by molar-refractivity contribution is 0.0697. The number of carboxylic acids is 1. The molecular formula is C12H15Cl2NO5S. The highest BCUT2D eigenvalue weighted by molar-refractivity contribution is 7.89. The highest BCUT2D eigenvalue weighted by Gasteiger charge is 2.25. The van der Waals surface area contributed by atoms with Crippen LogP contribution in [-0.4, -0.2) is 37.2 Å². The van der Waals surface area contributed by atoms with E-state index in [0.29, 0.717) is 0 Å². The monoisotopic (exact) mass is 355 g/mol. The fourth-order valence-corrected chi connectivity index (χ4v) is 3.41. The average molecular weight is 356 g/mol. The minimum atomic E-state index is -4.06. The number of carboxylic acid groups (broad SMARTS) is 1. The molecular weight excluding hydrogens is 341 g/mol. The van der Waals surface area contributed by atoms with E-state index in [2.05, 4.69) is 4.72 Å². The zero-order valence-corrected chi connectivity index (χ0v) is 13.6. The molecule has 1 unspecified atom stereocenters. The van der Waals surface area contributed by atoms with E-state index in [9.17, 15) is 18.3 Å². The van der Waals surface area contributed by atoms with Crippen molar-refractivity contribution in [2.75, 3.05) is 6.54 Å². The molecule has 0 saturated carbocycles. The summed E-state index contributed by atoms with van der Waals surface area (Å²) in [6.07, 6.45) is -0.871. The van der Waals surface area contributed by atoms with Crippen molar-refractivity contribution in [1.29, 1.82) is 0 Å². The number of rotatable bonds is 6. The maximum atomic E-state index is 12.1. The quantitative estimate of drug-likeness (QED) is 0.723. The van der Waals surface area contributed by atoms with Gasteiger partial charge in [-0.25, -0.2) is 17.9 Å². The molecule has 9 heteroatoms. The first-order valence-electron chi connectivity index (χ1n) is 5.97. The zero-order chi connectivity index (χ0) is 16.4. The van der Waals surface area contributed by atoms with Crippen molar-refractivity contribution in [2.45, 2.75) is 24.8 Å². The summed E-state index contributed by atoms with van der Waals surface area (Å²) in [5, 5.41) is 18.0. The Bertz CT molecular complexity index is 645. The van der Waals surface area contributed by atoms with Crippen molar-refractivity contribution in [3.63, 3.8) is 0 Å². The molecule has 1 rings (SSSR count). The molecule has 0 aliphatic carbocycles. The molecule has 21 heavy (non-hydrogen) atoms. The minimum Gasteiger partial charge on any atom is -0.478 e. The highest BCUT2D eigenvalue weighted by Crippen LogP contribution is 2.31. The van der Waals surface area contributed by atoms with E-state index >= 15 is 0 Å². The SMILES string of the molecule is CC(C)C(O)CNS(=O)(=O)c1ccc(Cl)c(C(=O)O)c1Cl. The topological polar surface area (TPSA) is 104 Å². The Kier molecular flexibility index (Phi) is 6.01. The first-order valence-corrected chi connectivity index (χ1v) is 8.21. The Labute approximate surface area is 132 Å². The maximum absolute atomic E-state index is 12.1. The molecule has 1 atom stereocenters. The summed E-state index contributed by atoms with van der Waals surface area (Å²) < 4.78 is 26.4. The third-order valence-electron chi connectivity index (χ3n) is 2.81. The lowest BCUT2D eigenvalue weighted by Gasteiger charge is -2.16. The normalized spacial score (nSPS) is 13.4. The number of sulfonamides is 1. The summed E-state index contributed by atoms with van der Waals surface area (Å²) in [5.74, 6) is -1.56. The van der Waals surface area contributed by atoms with Gasteiger partial charge in [-0.2, -0.15) is 0 Å². The first-order chi connectivity index (χ1) is 9.58. The van der Waals surface area contributed by atoms with Crippen molar-refractivity contribution in [2.24, 2.45) is 5.92 Å². The molecule has 0 aliphatic heterocycles. The molecule has 3 N–H and O–H groups in total. The van der Waals surface area contributed by atoms with Crippen molar-refractivity contribution in [1.82, 2.24) is 4.72 Å². The van der Waals surface area contributed by atoms with E-state index in [1.54, 1.807) is 13.8 Å². The fraction of sp³-hybridized carbons (Fsp3) is 0.417. The Morgan fingerprint density at radius 1 is 1.33 bits per heavy atom. The van der Waals surface area contributed by atoms with Crippen LogP contribution in [-0.2, 0) is 10.0 Å². The summed E-state index contributed by atoms with van der Waals surface area (Å²) in [6, 6.07) is 2.26. The molecule has 0 bridgehead atoms. The molecule has 0 spiro atoms. The zero-order valence-electron chi connectivity index (χ0n) is 11.3. The van der Waals surface area contributed by atoms with Gasteiger partial charge in [0.2, 0.25) is 10.0 Å². The van der Waals surface area contributed by atoms with Crippen LogP contribution in [0.15, 0.2) is 17.0 Å². The van der Waals surface area contributed by atoms with Crippen LogP contribution >= 0.6 is 23.2 Å². The lowest BCUT2D eigenvalue weighted by Crippen LogP contribution is -2.35. The van der Waals surface area contributed by atoms with E-state index < -0.39 is 37.6 Å². The summed E-state index contributed by atoms with van der Waals surface area (Å²) >= 11 is 11.5. The maximum Gasteiger partial charge on any atom is 0.338 e. The third kappa shape index (κ3) is 4.31. The predicted molar refractivity (Wildman–Crippen MR) is 79.5 cm³/mol. The number of halogens is 2. The molecule has 0 saturated heterocycles. The Hall–Kier alpha value is -0.860. The second-order valence-electron chi connectivity index (χ2n) is 4.70. The number of hydrogen-bond acceptors (Lipinski definition) is 4. The van der Waals surface area contributed by atoms with Crippen molar-refractivity contribution in [3.05, 3.63) is 27.7 Å². The largest absolute Gasteiger partial charge is 0.478 e. The molecule has 0 aliphatic rings. The molecule has 0 aromatic heterocycles. The van der Waals surface area contributed by atoms with Gasteiger partial charge in [0.05, 0.1) is 21.7 Å². The van der Waals surface area contributed by atoms with Gasteiger partial charge < -0.3 is 10.2 Å². The summed E-state index contributed by atoms with van der Waals surface area (Å²) in [7, 11) is -4.06. The van der Waals surface area contributed by atoms with E-state index in [-0.39, 0.29) is 17.5 Å². The first kappa shape index (κ1) is 18.2. The molecule has 1 aromatic rings.